The molecule has 48 heavy (non-hydrogen) atoms. The van der Waals surface area contributed by atoms with Crippen LogP contribution in [0.15, 0.2) is 83.8 Å². The lowest BCUT2D eigenvalue weighted by atomic mass is 10.0. The predicted octanol–water partition coefficient (Wildman–Crippen LogP) is 4.41. The first-order chi connectivity index (χ1) is 23.1. The topological polar surface area (TPSA) is 131 Å². The average molecular weight is 654 g/mol. The molecule has 2 aliphatic rings. The van der Waals surface area contributed by atoms with Crippen molar-refractivity contribution >= 4 is 22.5 Å². The average Bonchev–Trinajstić information content (AvgIpc) is 3.73. The molecule has 248 valence electrons. The van der Waals surface area contributed by atoms with Crippen molar-refractivity contribution in [3.05, 3.63) is 106 Å². The Kier molecular flexibility index (Phi) is 8.24. The van der Waals surface area contributed by atoms with E-state index in [9.17, 15) is 19.8 Å². The second-order valence-corrected chi connectivity index (χ2v) is 12.7. The molecule has 7 rings (SSSR count). The van der Waals surface area contributed by atoms with E-state index in [0.29, 0.717) is 46.9 Å². The molecule has 1 saturated heterocycles. The molecule has 1 aliphatic carbocycles. The molecule has 3 aromatic carbocycles. The number of amides is 1. The smallest absolute Gasteiger partial charge is 0.284 e. The van der Waals surface area contributed by atoms with Crippen LogP contribution in [0.3, 0.4) is 0 Å². The molecule has 5 aromatic rings. The number of anilines is 1. The van der Waals surface area contributed by atoms with Gasteiger partial charge in [0, 0.05) is 61.5 Å². The van der Waals surface area contributed by atoms with Gasteiger partial charge in [-0.3, -0.25) is 24.2 Å². The van der Waals surface area contributed by atoms with Crippen LogP contribution >= 0.6 is 0 Å². The molecule has 2 atom stereocenters. The van der Waals surface area contributed by atoms with E-state index in [1.54, 1.807) is 73.4 Å². The first-order valence-corrected chi connectivity index (χ1v) is 15.8. The second-order valence-electron chi connectivity index (χ2n) is 12.7. The van der Waals surface area contributed by atoms with Gasteiger partial charge < -0.3 is 25.0 Å². The fraction of sp³-hybridized carbons (Fsp3) is 0.306. The van der Waals surface area contributed by atoms with Crippen molar-refractivity contribution in [2.24, 2.45) is 12.5 Å². The van der Waals surface area contributed by atoms with Crippen LogP contribution in [0.1, 0.15) is 28.9 Å². The molecule has 12 heteroatoms. The fourth-order valence-corrected chi connectivity index (χ4v) is 6.47. The molecule has 1 aliphatic heterocycles. The molecule has 11 nitrogen and oxygen atoms in total. The number of halogens is 1. The Balaban J connectivity index is 1.00. The minimum Gasteiger partial charge on any atom is -0.491 e. The molecule has 3 N–H and O–H groups in total. The van der Waals surface area contributed by atoms with Crippen molar-refractivity contribution in [2.75, 3.05) is 31.6 Å². The highest BCUT2D eigenvalue weighted by atomic mass is 19.1. The number of aromatic nitrogens is 3. The van der Waals surface area contributed by atoms with E-state index in [1.807, 2.05) is 6.07 Å². The van der Waals surface area contributed by atoms with Crippen molar-refractivity contribution in [2.45, 2.75) is 32.0 Å². The number of ether oxygens (including phenoxy) is 2. The number of likely N-dealkylation sites (tertiary alicyclic amines) is 1. The van der Waals surface area contributed by atoms with Crippen LogP contribution in [0.4, 0.5) is 10.1 Å². The molecule has 0 bridgehead atoms. The largest absolute Gasteiger partial charge is 0.491 e. The number of carbonyl (C=O) groups excluding carboxylic acids is 1. The van der Waals surface area contributed by atoms with Crippen LogP contribution in [0.5, 0.6) is 17.2 Å². The standard InChI is InChI=1S/C36H36FN5O6/c1-22-33(35(46)42(40(22)2)24-6-4-3-5-7-24)34(45)39-23-8-11-31(28(37)16-23)48-30-12-15-38-29-17-26(9-10-27(29)30)47-20-25(43)18-41-19-32(44)36(21-41)13-14-36/h3-12,15-17,25,32,43-44H,13-14,18-21H2,1-2H3,(H,39,45). The highest BCUT2D eigenvalue weighted by Gasteiger charge is 2.54. The molecule has 2 unspecified atom stereocenters. The van der Waals surface area contributed by atoms with Crippen LogP contribution in [0.25, 0.3) is 16.6 Å². The van der Waals surface area contributed by atoms with Gasteiger partial charge in [-0.05, 0) is 62.2 Å². The number of carbonyl (C=O) groups is 1. The Morgan fingerprint density at radius 2 is 1.90 bits per heavy atom. The minimum atomic E-state index is -0.718. The molecular weight excluding hydrogens is 617 g/mol. The number of rotatable bonds is 10. The summed E-state index contributed by atoms with van der Waals surface area (Å²) >= 11 is 0. The normalized spacial score (nSPS) is 17.5. The zero-order valence-corrected chi connectivity index (χ0v) is 26.6. The van der Waals surface area contributed by atoms with Gasteiger partial charge in [-0.1, -0.05) is 18.2 Å². The van der Waals surface area contributed by atoms with Crippen molar-refractivity contribution < 1.29 is 28.9 Å². The van der Waals surface area contributed by atoms with Crippen LogP contribution < -0.4 is 20.3 Å². The van der Waals surface area contributed by atoms with E-state index in [-0.39, 0.29) is 35.1 Å². The molecule has 2 aromatic heterocycles. The predicted molar refractivity (Wildman–Crippen MR) is 178 cm³/mol. The van der Waals surface area contributed by atoms with Gasteiger partial charge >= 0.3 is 0 Å². The highest BCUT2D eigenvalue weighted by molar-refractivity contribution is 6.05. The molecule has 1 saturated carbocycles. The number of benzene rings is 3. The Bertz CT molecular complexity index is 2060. The Morgan fingerprint density at radius 1 is 1.10 bits per heavy atom. The number of fused-ring (bicyclic) bond motifs is 1. The number of para-hydroxylation sites is 1. The lowest BCUT2D eigenvalue weighted by Crippen LogP contribution is -2.34. The third kappa shape index (κ3) is 6.05. The van der Waals surface area contributed by atoms with Crippen molar-refractivity contribution in [1.29, 1.82) is 0 Å². The summed E-state index contributed by atoms with van der Waals surface area (Å²) in [6.45, 7) is 3.56. The van der Waals surface area contributed by atoms with E-state index in [2.05, 4.69) is 15.2 Å². The third-order valence-electron chi connectivity index (χ3n) is 9.35. The summed E-state index contributed by atoms with van der Waals surface area (Å²) in [5.41, 5.74) is 1.31. The summed E-state index contributed by atoms with van der Waals surface area (Å²) in [5, 5.41) is 24.1. The van der Waals surface area contributed by atoms with Crippen molar-refractivity contribution in [3.63, 3.8) is 0 Å². The van der Waals surface area contributed by atoms with Crippen LogP contribution in [0, 0.1) is 18.2 Å². The third-order valence-corrected chi connectivity index (χ3v) is 9.35. The first-order valence-electron chi connectivity index (χ1n) is 15.8. The maximum absolute atomic E-state index is 15.3. The van der Waals surface area contributed by atoms with E-state index in [0.717, 1.165) is 25.5 Å². The Labute approximate surface area is 275 Å². The number of nitrogens with one attached hydrogen (secondary N) is 1. The van der Waals surface area contributed by atoms with Crippen molar-refractivity contribution in [1.82, 2.24) is 19.2 Å². The molecule has 1 amide bonds. The van der Waals surface area contributed by atoms with Crippen LogP contribution in [-0.2, 0) is 7.05 Å². The monoisotopic (exact) mass is 653 g/mol. The number of nitrogens with zero attached hydrogens (tertiary/aromatic N) is 4. The number of hydrogen-bond acceptors (Lipinski definition) is 8. The zero-order valence-electron chi connectivity index (χ0n) is 26.6. The summed E-state index contributed by atoms with van der Waals surface area (Å²) in [7, 11) is 1.69. The van der Waals surface area contributed by atoms with Gasteiger partial charge in [0.2, 0.25) is 0 Å². The SMILES string of the molecule is Cc1c(C(=O)Nc2ccc(Oc3ccnc4cc(OCC(O)CN5CC(O)C6(CC6)C5)ccc34)c(F)c2)c(=O)n(-c2ccccc2)n1C. The Hall–Kier alpha value is -5.04. The van der Waals surface area contributed by atoms with Crippen molar-refractivity contribution in [3.8, 4) is 22.9 Å². The van der Waals surface area contributed by atoms with Gasteiger partial charge in [-0.2, -0.15) is 0 Å². The highest BCUT2D eigenvalue weighted by Crippen LogP contribution is 2.52. The van der Waals surface area contributed by atoms with E-state index >= 15 is 4.39 Å². The van der Waals surface area contributed by atoms with Gasteiger partial charge in [0.05, 0.1) is 23.0 Å². The lowest BCUT2D eigenvalue weighted by molar-refractivity contribution is 0.0707. The molecular formula is C36H36FN5O6. The fourth-order valence-electron chi connectivity index (χ4n) is 6.47. The first kappa shape index (κ1) is 31.6. The zero-order chi connectivity index (χ0) is 33.6. The number of pyridine rings is 1. The minimum absolute atomic E-state index is 0.0304. The summed E-state index contributed by atoms with van der Waals surface area (Å²) in [5.74, 6) is -0.544. The lowest BCUT2D eigenvalue weighted by Gasteiger charge is -2.20. The van der Waals surface area contributed by atoms with Crippen LogP contribution in [0.2, 0.25) is 0 Å². The summed E-state index contributed by atoms with van der Waals surface area (Å²) in [4.78, 5) is 32.9. The number of hydrogen-bond donors (Lipinski definition) is 3. The quantitative estimate of drug-likeness (QED) is 0.202. The Morgan fingerprint density at radius 3 is 2.62 bits per heavy atom. The second kappa shape index (κ2) is 12.5. The van der Waals surface area contributed by atoms with Gasteiger partial charge in [-0.25, -0.2) is 9.07 Å². The van der Waals surface area contributed by atoms with Gasteiger partial charge in [0.1, 0.15) is 29.8 Å². The molecule has 0 radical (unpaired) electrons. The maximum atomic E-state index is 15.3. The number of aliphatic hydroxyl groups excluding tert-OH is 2. The van der Waals surface area contributed by atoms with Gasteiger partial charge in [0.25, 0.3) is 11.5 Å². The van der Waals surface area contributed by atoms with Gasteiger partial charge in [0.15, 0.2) is 11.6 Å². The van der Waals surface area contributed by atoms with Gasteiger partial charge in [-0.15, -0.1) is 0 Å². The summed E-state index contributed by atoms with van der Waals surface area (Å²) in [6.07, 6.45) is 2.58. The maximum Gasteiger partial charge on any atom is 0.284 e. The molecule has 3 heterocycles. The molecule has 2 fully saturated rings. The van der Waals surface area contributed by atoms with Crippen LogP contribution in [-0.4, -0.2) is 73.8 Å². The van der Waals surface area contributed by atoms with E-state index in [4.69, 9.17) is 9.47 Å². The van der Waals surface area contributed by atoms with E-state index in [1.165, 1.54) is 16.8 Å². The molecule has 1 spiro atoms. The van der Waals surface area contributed by atoms with E-state index < -0.39 is 23.4 Å². The summed E-state index contributed by atoms with van der Waals surface area (Å²) < 4.78 is 30.0. The number of β-amino-alcohol motifs (C(OH)–C–C–N with tert-alkyl or cyclic N) is 2. The summed E-state index contributed by atoms with van der Waals surface area (Å²) in [6, 6.07) is 19.8. The number of aliphatic hydroxyl groups is 2.